The summed E-state index contributed by atoms with van der Waals surface area (Å²) in [7, 11) is 6.77. The van der Waals surface area contributed by atoms with Gasteiger partial charge in [0.1, 0.15) is 23.0 Å². The molecule has 1 atom stereocenters. The SMILES string of the molecule is COc1ccc(/C(O)=C2\C(=O)C(=O)N(CCN(C)C)C2c2ccccc2OC(C)C)c(OC)c1. The zero-order valence-electron chi connectivity index (χ0n) is 20.5. The maximum Gasteiger partial charge on any atom is 0.295 e. The van der Waals surface area contributed by atoms with E-state index >= 15 is 0 Å². The lowest BCUT2D eigenvalue weighted by molar-refractivity contribution is -0.140. The van der Waals surface area contributed by atoms with Crippen LogP contribution in [0, 0.1) is 0 Å². The van der Waals surface area contributed by atoms with Crippen molar-refractivity contribution in [3.05, 3.63) is 59.2 Å². The normalized spacial score (nSPS) is 17.5. The molecule has 8 heteroatoms. The number of ether oxygens (including phenoxy) is 3. The van der Waals surface area contributed by atoms with Crippen LogP contribution in [0.5, 0.6) is 17.2 Å². The molecule has 0 radical (unpaired) electrons. The van der Waals surface area contributed by atoms with Gasteiger partial charge in [-0.2, -0.15) is 0 Å². The van der Waals surface area contributed by atoms with Gasteiger partial charge in [-0.15, -0.1) is 0 Å². The van der Waals surface area contributed by atoms with E-state index in [1.807, 2.05) is 51.0 Å². The van der Waals surface area contributed by atoms with E-state index in [1.54, 1.807) is 24.3 Å². The van der Waals surface area contributed by atoms with Gasteiger partial charge >= 0.3 is 0 Å². The summed E-state index contributed by atoms with van der Waals surface area (Å²) in [6, 6.07) is 11.3. The fraction of sp³-hybridized carbons (Fsp3) is 0.385. The van der Waals surface area contributed by atoms with E-state index in [-0.39, 0.29) is 17.4 Å². The van der Waals surface area contributed by atoms with Crippen LogP contribution in [-0.2, 0) is 9.59 Å². The Labute approximate surface area is 200 Å². The minimum Gasteiger partial charge on any atom is -0.507 e. The smallest absolute Gasteiger partial charge is 0.295 e. The third-order valence-corrected chi connectivity index (χ3v) is 5.57. The second kappa shape index (κ2) is 10.6. The van der Waals surface area contributed by atoms with Crippen molar-refractivity contribution in [2.24, 2.45) is 0 Å². The molecule has 1 amide bonds. The van der Waals surface area contributed by atoms with Gasteiger partial charge in [0.2, 0.25) is 0 Å². The molecule has 8 nitrogen and oxygen atoms in total. The van der Waals surface area contributed by atoms with Crippen molar-refractivity contribution in [3.63, 3.8) is 0 Å². The maximum absolute atomic E-state index is 13.3. The van der Waals surface area contributed by atoms with Crippen LogP contribution in [0.1, 0.15) is 31.0 Å². The number of nitrogens with zero attached hydrogens (tertiary/aromatic N) is 2. The summed E-state index contributed by atoms with van der Waals surface area (Å²) in [5.41, 5.74) is 0.913. The monoisotopic (exact) mass is 468 g/mol. The van der Waals surface area contributed by atoms with Crippen molar-refractivity contribution in [2.45, 2.75) is 26.0 Å². The molecule has 182 valence electrons. The molecular formula is C26H32N2O6. The van der Waals surface area contributed by atoms with E-state index in [4.69, 9.17) is 14.2 Å². The quantitative estimate of drug-likeness (QED) is 0.342. The minimum atomic E-state index is -0.818. The molecule has 0 spiro atoms. The Kier molecular flexibility index (Phi) is 7.83. The van der Waals surface area contributed by atoms with Gasteiger partial charge in [-0.05, 0) is 46.1 Å². The fourth-order valence-electron chi connectivity index (χ4n) is 3.95. The summed E-state index contributed by atoms with van der Waals surface area (Å²) in [6.07, 6.45) is -0.119. The van der Waals surface area contributed by atoms with Gasteiger partial charge in [0.25, 0.3) is 11.7 Å². The molecule has 1 fully saturated rings. The molecule has 0 aromatic heterocycles. The van der Waals surface area contributed by atoms with Gasteiger partial charge in [0.15, 0.2) is 0 Å². The number of benzene rings is 2. The van der Waals surface area contributed by atoms with Crippen LogP contribution in [0.25, 0.3) is 5.76 Å². The number of carbonyl (C=O) groups is 2. The zero-order valence-corrected chi connectivity index (χ0v) is 20.5. The molecule has 34 heavy (non-hydrogen) atoms. The van der Waals surface area contributed by atoms with E-state index in [2.05, 4.69) is 0 Å². The second-order valence-corrected chi connectivity index (χ2v) is 8.57. The van der Waals surface area contributed by atoms with E-state index in [9.17, 15) is 14.7 Å². The number of hydrogen-bond donors (Lipinski definition) is 1. The summed E-state index contributed by atoms with van der Waals surface area (Å²) in [6.45, 7) is 4.65. The first-order valence-corrected chi connectivity index (χ1v) is 11.1. The number of likely N-dealkylation sites (tertiary alicyclic amines) is 1. The third-order valence-electron chi connectivity index (χ3n) is 5.57. The Balaban J connectivity index is 2.24. The number of methoxy groups -OCH3 is 2. The Morgan fingerprint density at radius 1 is 1.06 bits per heavy atom. The molecule has 1 aliphatic heterocycles. The number of aliphatic hydroxyl groups is 1. The van der Waals surface area contributed by atoms with Crippen molar-refractivity contribution in [2.75, 3.05) is 41.4 Å². The van der Waals surface area contributed by atoms with Gasteiger partial charge in [-0.1, -0.05) is 18.2 Å². The molecule has 1 heterocycles. The molecule has 1 aliphatic rings. The summed E-state index contributed by atoms with van der Waals surface area (Å²) >= 11 is 0. The standard InChI is InChI=1S/C26H32N2O6/c1-16(2)34-20-10-8-7-9-18(20)23-22(25(30)26(31)28(23)14-13-27(3)4)24(29)19-12-11-17(32-5)15-21(19)33-6/h7-12,15-16,23,29H,13-14H2,1-6H3/b24-22+. The summed E-state index contributed by atoms with van der Waals surface area (Å²) in [5.74, 6) is -0.325. The van der Waals surface area contributed by atoms with Gasteiger partial charge in [0, 0.05) is 24.7 Å². The largest absolute Gasteiger partial charge is 0.507 e. The summed E-state index contributed by atoms with van der Waals surface area (Å²) in [4.78, 5) is 29.9. The predicted octanol–water partition coefficient (Wildman–Crippen LogP) is 3.47. The molecule has 1 saturated heterocycles. The van der Waals surface area contributed by atoms with Crippen LogP contribution in [0.2, 0.25) is 0 Å². The first-order chi connectivity index (χ1) is 16.2. The number of likely N-dealkylation sites (N-methyl/N-ethyl adjacent to an activating group) is 1. The number of aliphatic hydroxyl groups excluding tert-OH is 1. The Bertz CT molecular complexity index is 1090. The highest BCUT2D eigenvalue weighted by Crippen LogP contribution is 2.44. The third kappa shape index (κ3) is 5.02. The predicted molar refractivity (Wildman–Crippen MR) is 129 cm³/mol. The van der Waals surface area contributed by atoms with Crippen LogP contribution in [0.15, 0.2) is 48.0 Å². The Morgan fingerprint density at radius 3 is 2.38 bits per heavy atom. The molecule has 1 N–H and O–H groups in total. The average Bonchev–Trinajstić information content (AvgIpc) is 3.06. The van der Waals surface area contributed by atoms with E-state index < -0.39 is 17.7 Å². The first kappa shape index (κ1) is 25.1. The minimum absolute atomic E-state index is 0.00738. The molecule has 3 rings (SSSR count). The van der Waals surface area contributed by atoms with Crippen molar-refractivity contribution >= 4 is 17.4 Å². The van der Waals surface area contributed by atoms with Gasteiger partial charge < -0.3 is 29.1 Å². The lowest BCUT2D eigenvalue weighted by Crippen LogP contribution is -2.35. The van der Waals surface area contributed by atoms with E-state index in [1.165, 1.54) is 19.1 Å². The van der Waals surface area contributed by atoms with Gasteiger partial charge in [-0.3, -0.25) is 9.59 Å². The molecule has 2 aromatic carbocycles. The maximum atomic E-state index is 13.3. The molecule has 1 unspecified atom stereocenters. The highest BCUT2D eigenvalue weighted by Gasteiger charge is 2.47. The van der Waals surface area contributed by atoms with Crippen molar-refractivity contribution in [3.8, 4) is 17.2 Å². The van der Waals surface area contributed by atoms with E-state index in [0.717, 1.165) is 0 Å². The van der Waals surface area contributed by atoms with Crippen molar-refractivity contribution in [1.29, 1.82) is 0 Å². The van der Waals surface area contributed by atoms with Crippen LogP contribution >= 0.6 is 0 Å². The van der Waals surface area contributed by atoms with Gasteiger partial charge in [0.05, 0.1) is 37.5 Å². The molecule has 0 aliphatic carbocycles. The number of rotatable bonds is 9. The average molecular weight is 469 g/mol. The Morgan fingerprint density at radius 2 is 1.76 bits per heavy atom. The molecule has 0 bridgehead atoms. The van der Waals surface area contributed by atoms with Crippen LogP contribution in [-0.4, -0.2) is 74.1 Å². The number of amides is 1. The fourth-order valence-corrected chi connectivity index (χ4v) is 3.95. The topological polar surface area (TPSA) is 88.5 Å². The highest BCUT2D eigenvalue weighted by molar-refractivity contribution is 6.46. The molecular weight excluding hydrogens is 436 g/mol. The summed E-state index contributed by atoms with van der Waals surface area (Å²) in [5, 5.41) is 11.4. The molecule has 2 aromatic rings. The number of carbonyl (C=O) groups excluding carboxylic acids is 2. The Hall–Kier alpha value is -3.52. The zero-order chi connectivity index (χ0) is 25.0. The highest BCUT2D eigenvalue weighted by atomic mass is 16.5. The number of Topliss-reactive ketones (excluding diaryl/α,β-unsaturated/α-hetero) is 1. The lowest BCUT2D eigenvalue weighted by Gasteiger charge is -2.28. The van der Waals surface area contributed by atoms with Gasteiger partial charge in [-0.25, -0.2) is 0 Å². The number of ketones is 1. The number of hydrogen-bond acceptors (Lipinski definition) is 7. The summed E-state index contributed by atoms with van der Waals surface area (Å²) < 4.78 is 16.7. The lowest BCUT2D eigenvalue weighted by atomic mass is 9.94. The molecule has 0 saturated carbocycles. The van der Waals surface area contributed by atoms with Crippen LogP contribution < -0.4 is 14.2 Å². The first-order valence-electron chi connectivity index (χ1n) is 11.1. The van der Waals surface area contributed by atoms with Crippen LogP contribution in [0.4, 0.5) is 0 Å². The van der Waals surface area contributed by atoms with E-state index in [0.29, 0.717) is 41.5 Å². The second-order valence-electron chi connectivity index (χ2n) is 8.57. The van der Waals surface area contributed by atoms with Crippen molar-refractivity contribution < 1.29 is 28.9 Å². The van der Waals surface area contributed by atoms with Crippen molar-refractivity contribution in [1.82, 2.24) is 9.80 Å². The number of para-hydroxylation sites is 1. The van der Waals surface area contributed by atoms with Crippen LogP contribution in [0.3, 0.4) is 0 Å².